The number of unbranched alkanes of at least 4 members (excludes halogenated alkanes) is 15. The van der Waals surface area contributed by atoms with E-state index in [1.807, 2.05) is 43.2 Å². The standard InChI is InChI=1S/C38H72N2S6/c1-3-31-39(35-27-21-19-22-28-35)37(41)45-43-33-25-17-15-13-11-9-7-5-6-8-10-12-14-16-18-26-34-44-46-38(42)40(32-4-2)36-29-23-20-24-30-36/h35-36H,3-34H2,1-2H3. The van der Waals surface area contributed by atoms with Gasteiger partial charge in [-0.1, -0.05) is 188 Å². The molecule has 0 aliphatic heterocycles. The van der Waals surface area contributed by atoms with Gasteiger partial charge in [-0.15, -0.1) is 0 Å². The van der Waals surface area contributed by atoms with Gasteiger partial charge >= 0.3 is 0 Å². The number of rotatable bonds is 27. The average molecular weight is 749 g/mol. The minimum Gasteiger partial charge on any atom is -0.354 e. The van der Waals surface area contributed by atoms with Crippen LogP contribution in [0.25, 0.3) is 0 Å². The molecule has 8 heteroatoms. The highest BCUT2D eigenvalue weighted by atomic mass is 33.1. The van der Waals surface area contributed by atoms with Gasteiger partial charge in [0, 0.05) is 36.7 Å². The lowest BCUT2D eigenvalue weighted by molar-refractivity contribution is 0.251. The fourth-order valence-electron chi connectivity index (χ4n) is 7.19. The van der Waals surface area contributed by atoms with Crippen LogP contribution < -0.4 is 0 Å². The largest absolute Gasteiger partial charge is 0.354 e. The van der Waals surface area contributed by atoms with Crippen LogP contribution in [-0.4, -0.2) is 55.1 Å². The third kappa shape index (κ3) is 21.4. The van der Waals surface area contributed by atoms with Crippen molar-refractivity contribution < 1.29 is 0 Å². The van der Waals surface area contributed by atoms with Crippen molar-refractivity contribution in [1.29, 1.82) is 0 Å². The van der Waals surface area contributed by atoms with Crippen LogP contribution in [0.5, 0.6) is 0 Å². The van der Waals surface area contributed by atoms with Crippen molar-refractivity contribution in [2.45, 2.75) is 206 Å². The molecule has 0 aromatic rings. The van der Waals surface area contributed by atoms with Gasteiger partial charge < -0.3 is 9.80 Å². The molecule has 0 aromatic heterocycles. The second-order valence-corrected chi connectivity index (χ2v) is 20.1. The summed E-state index contributed by atoms with van der Waals surface area (Å²) in [5.74, 6) is 2.50. The molecule has 0 saturated heterocycles. The molecule has 2 saturated carbocycles. The Hall–Kier alpha value is 1.18. The van der Waals surface area contributed by atoms with E-state index in [1.54, 1.807) is 0 Å². The minimum atomic E-state index is 0.715. The van der Waals surface area contributed by atoms with E-state index in [0.717, 1.165) is 21.7 Å². The van der Waals surface area contributed by atoms with E-state index < -0.39 is 0 Å². The van der Waals surface area contributed by atoms with Crippen LogP contribution in [0.15, 0.2) is 0 Å². The molecule has 0 spiro atoms. The van der Waals surface area contributed by atoms with E-state index in [0.29, 0.717) is 12.1 Å². The summed E-state index contributed by atoms with van der Waals surface area (Å²) in [6, 6.07) is 1.43. The van der Waals surface area contributed by atoms with Crippen molar-refractivity contribution in [2.75, 3.05) is 24.6 Å². The molecule has 0 amide bonds. The zero-order valence-corrected chi connectivity index (χ0v) is 35.0. The Kier molecular flexibility index (Phi) is 29.2. The summed E-state index contributed by atoms with van der Waals surface area (Å²) in [6.07, 6.45) is 39.0. The molecule has 2 rings (SSSR count). The van der Waals surface area contributed by atoms with Gasteiger partial charge in [-0.3, -0.25) is 0 Å². The van der Waals surface area contributed by atoms with Crippen molar-refractivity contribution in [3.8, 4) is 0 Å². The van der Waals surface area contributed by atoms with Crippen LogP contribution in [0.4, 0.5) is 0 Å². The van der Waals surface area contributed by atoms with Crippen LogP contribution in [0.2, 0.25) is 0 Å². The predicted molar refractivity (Wildman–Crippen MR) is 227 cm³/mol. The van der Waals surface area contributed by atoms with Gasteiger partial charge in [0.1, 0.15) is 8.64 Å². The quantitative estimate of drug-likeness (QED) is 0.0459. The lowest BCUT2D eigenvalue weighted by atomic mass is 9.94. The van der Waals surface area contributed by atoms with Gasteiger partial charge in [-0.25, -0.2) is 0 Å². The van der Waals surface area contributed by atoms with Crippen molar-refractivity contribution in [3.05, 3.63) is 0 Å². The van der Waals surface area contributed by atoms with Crippen molar-refractivity contribution in [2.24, 2.45) is 0 Å². The highest BCUT2D eigenvalue weighted by Gasteiger charge is 2.24. The number of hydrogen-bond donors (Lipinski definition) is 0. The Bertz CT molecular complexity index is 666. The highest BCUT2D eigenvalue weighted by Crippen LogP contribution is 2.33. The van der Waals surface area contributed by atoms with Crippen LogP contribution in [0.3, 0.4) is 0 Å². The number of hydrogen-bond acceptors (Lipinski definition) is 6. The maximum absolute atomic E-state index is 5.84. The first kappa shape index (κ1) is 43.3. The zero-order chi connectivity index (χ0) is 32.9. The van der Waals surface area contributed by atoms with Crippen LogP contribution in [-0.2, 0) is 0 Å². The summed E-state index contributed by atoms with van der Waals surface area (Å²) in [5.41, 5.74) is 0. The fourth-order valence-corrected chi connectivity index (χ4v) is 12.6. The van der Waals surface area contributed by atoms with E-state index in [4.69, 9.17) is 24.4 Å². The Morgan fingerprint density at radius 3 is 1.02 bits per heavy atom. The van der Waals surface area contributed by atoms with Crippen molar-refractivity contribution in [3.63, 3.8) is 0 Å². The molecule has 2 nitrogen and oxygen atoms in total. The Morgan fingerprint density at radius 2 is 0.739 bits per heavy atom. The third-order valence-corrected chi connectivity index (χ3v) is 16.1. The molecule has 0 N–H and O–H groups in total. The Balaban J connectivity index is 1.28. The van der Waals surface area contributed by atoms with Gasteiger partial charge in [0.15, 0.2) is 0 Å². The second kappa shape index (κ2) is 31.0. The first-order valence-electron chi connectivity index (χ1n) is 19.9. The van der Waals surface area contributed by atoms with Crippen molar-refractivity contribution >= 4 is 76.3 Å². The van der Waals surface area contributed by atoms with Crippen LogP contribution in [0.1, 0.15) is 194 Å². The summed E-state index contributed by atoms with van der Waals surface area (Å²) in [5, 5.41) is 0. The summed E-state index contributed by atoms with van der Waals surface area (Å²) in [7, 11) is 7.77. The molecule has 2 aliphatic rings. The Morgan fingerprint density at radius 1 is 0.457 bits per heavy atom. The smallest absolute Gasteiger partial charge is 0.147 e. The normalized spacial score (nSPS) is 16.1. The molecule has 0 bridgehead atoms. The molecular weight excluding hydrogens is 677 g/mol. The first-order chi connectivity index (χ1) is 22.7. The van der Waals surface area contributed by atoms with Crippen molar-refractivity contribution in [1.82, 2.24) is 9.80 Å². The van der Waals surface area contributed by atoms with Gasteiger partial charge in [-0.2, -0.15) is 0 Å². The number of nitrogens with zero attached hydrogens (tertiary/aromatic N) is 2. The average Bonchev–Trinajstić information content (AvgIpc) is 3.08. The molecule has 270 valence electrons. The monoisotopic (exact) mass is 748 g/mol. The third-order valence-electron chi connectivity index (χ3n) is 9.89. The van der Waals surface area contributed by atoms with Crippen LogP contribution >= 0.6 is 67.6 Å². The predicted octanol–water partition coefficient (Wildman–Crippen LogP) is 14.6. The van der Waals surface area contributed by atoms with E-state index >= 15 is 0 Å². The summed E-state index contributed by atoms with van der Waals surface area (Å²) >= 11 is 11.7. The molecule has 0 aromatic carbocycles. The molecule has 0 radical (unpaired) electrons. The molecule has 46 heavy (non-hydrogen) atoms. The van der Waals surface area contributed by atoms with Gasteiger partial charge in [0.25, 0.3) is 0 Å². The van der Waals surface area contributed by atoms with E-state index in [2.05, 4.69) is 23.6 Å². The SMILES string of the molecule is CCCN(C(=S)SSCCCCCCCCCCCCCCCCCCSSC(=S)N(CCC)C1CCCCC1)C1CCCCC1. The summed E-state index contributed by atoms with van der Waals surface area (Å²) in [4.78, 5) is 5.12. The molecule has 0 heterocycles. The first-order valence-corrected chi connectivity index (χ1v) is 25.3. The van der Waals surface area contributed by atoms with Crippen LogP contribution in [0, 0.1) is 0 Å². The van der Waals surface area contributed by atoms with E-state index in [9.17, 15) is 0 Å². The summed E-state index contributed by atoms with van der Waals surface area (Å²) < 4.78 is 2.30. The molecule has 2 aliphatic carbocycles. The zero-order valence-electron chi connectivity index (χ0n) is 30.1. The maximum Gasteiger partial charge on any atom is 0.147 e. The molecular formula is C38H72N2S6. The summed E-state index contributed by atoms with van der Waals surface area (Å²) in [6.45, 7) is 6.87. The molecule has 0 unspecified atom stereocenters. The van der Waals surface area contributed by atoms with Gasteiger partial charge in [0.05, 0.1) is 0 Å². The maximum atomic E-state index is 5.84. The van der Waals surface area contributed by atoms with Gasteiger partial charge in [-0.05, 0) is 73.0 Å². The molecule has 0 atom stereocenters. The lowest BCUT2D eigenvalue weighted by Crippen LogP contribution is -2.39. The van der Waals surface area contributed by atoms with Gasteiger partial charge in [0.2, 0.25) is 0 Å². The van der Waals surface area contributed by atoms with E-state index in [1.165, 1.54) is 191 Å². The fraction of sp³-hybridized carbons (Fsp3) is 0.947. The Labute approximate surface area is 314 Å². The number of thiocarbonyl (C=S) groups is 2. The highest BCUT2D eigenvalue weighted by molar-refractivity contribution is 8.84. The minimum absolute atomic E-state index is 0.715. The second-order valence-electron chi connectivity index (χ2n) is 14.0. The lowest BCUT2D eigenvalue weighted by Gasteiger charge is -2.35. The topological polar surface area (TPSA) is 6.48 Å². The molecule has 2 fully saturated rings. The van der Waals surface area contributed by atoms with E-state index in [-0.39, 0.29) is 0 Å².